The van der Waals surface area contributed by atoms with Crippen molar-refractivity contribution in [3.05, 3.63) is 48.2 Å². The summed E-state index contributed by atoms with van der Waals surface area (Å²) in [6.45, 7) is 0. The van der Waals surface area contributed by atoms with Crippen LogP contribution >= 0.6 is 0 Å². The van der Waals surface area contributed by atoms with Crippen molar-refractivity contribution in [3.63, 3.8) is 0 Å². The maximum absolute atomic E-state index is 9.05. The molecule has 1 aromatic heterocycles. The summed E-state index contributed by atoms with van der Waals surface area (Å²) in [5.74, 6) is 0. The van der Waals surface area contributed by atoms with Crippen molar-refractivity contribution < 1.29 is 0 Å². The van der Waals surface area contributed by atoms with Crippen LogP contribution in [-0.2, 0) is 0 Å². The molecule has 0 fully saturated rings. The van der Waals surface area contributed by atoms with Gasteiger partial charge in [-0.1, -0.05) is 0 Å². The molecule has 3 heteroatoms. The third-order valence-electron chi connectivity index (χ3n) is 2.11. The van der Waals surface area contributed by atoms with Crippen LogP contribution in [0.5, 0.6) is 0 Å². The number of nitriles is 1. The second-order valence-electron chi connectivity index (χ2n) is 3.02. The topological polar surface area (TPSA) is 36.7 Å². The van der Waals surface area contributed by atoms with Gasteiger partial charge in [-0.15, -0.1) is 0 Å². The normalized spacial score (nSPS) is 9.53. The summed E-state index contributed by atoms with van der Waals surface area (Å²) < 4.78 is 0.652. The van der Waals surface area contributed by atoms with Crippen LogP contribution in [0.15, 0.2) is 42.6 Å². The number of hydrogen-bond donors (Lipinski definition) is 0. The van der Waals surface area contributed by atoms with Gasteiger partial charge in [0.25, 0.3) is 0 Å². The fraction of sp³-hybridized carbons (Fsp3) is 0. The fourth-order valence-electron chi connectivity index (χ4n) is 1.41. The number of benzene rings is 1. The molecule has 0 saturated heterocycles. The van der Waals surface area contributed by atoms with Crippen LogP contribution in [0.3, 0.4) is 0 Å². The Hall–Kier alpha value is -1.62. The van der Waals surface area contributed by atoms with Gasteiger partial charge >= 0.3 is 96.2 Å². The predicted molar refractivity (Wildman–Crippen MR) is 59.8 cm³/mol. The van der Waals surface area contributed by atoms with Gasteiger partial charge in [-0.05, 0) is 0 Å². The molecule has 0 aliphatic heterocycles. The molecule has 1 heterocycles. The summed E-state index contributed by atoms with van der Waals surface area (Å²) in [4.78, 5) is 4.06. The van der Waals surface area contributed by atoms with E-state index in [1.165, 1.54) is 0 Å². The zero-order valence-electron chi connectivity index (χ0n) is 7.84. The molecule has 2 rings (SSSR count). The van der Waals surface area contributed by atoms with Crippen LogP contribution in [0.1, 0.15) is 5.56 Å². The average molecular weight is 258 g/mol. The van der Waals surface area contributed by atoms with Crippen molar-refractivity contribution in [1.29, 1.82) is 5.26 Å². The van der Waals surface area contributed by atoms with Crippen molar-refractivity contribution >= 4 is 20.6 Å². The van der Waals surface area contributed by atoms with E-state index in [9.17, 15) is 0 Å². The molecule has 0 N–H and O–H groups in total. The van der Waals surface area contributed by atoms with Crippen LogP contribution in [0.4, 0.5) is 0 Å². The summed E-state index contributed by atoms with van der Waals surface area (Å²) in [5.41, 5.74) is 2.55. The summed E-state index contributed by atoms with van der Waals surface area (Å²) in [6, 6.07) is 13.9. The first-order valence-corrected chi connectivity index (χ1v) is 5.30. The molecular weight excluding hydrogens is 251 g/mol. The van der Waals surface area contributed by atoms with Crippen LogP contribution < -0.4 is 4.59 Å². The Morgan fingerprint density at radius 1 is 1.13 bits per heavy atom. The van der Waals surface area contributed by atoms with E-state index in [-0.39, 0.29) is 0 Å². The Bertz CT molecular complexity index is 515. The molecule has 1 radical (unpaired) electrons. The predicted octanol–water partition coefficient (Wildman–Crippen LogP) is 1.41. The first-order valence-electron chi connectivity index (χ1n) is 4.44. The Morgan fingerprint density at radius 3 is 2.53 bits per heavy atom. The molecule has 71 valence electrons. The molecule has 0 spiro atoms. The fourth-order valence-corrected chi connectivity index (χ4v) is 1.86. The van der Waals surface area contributed by atoms with Gasteiger partial charge in [0.15, 0.2) is 0 Å². The molecule has 2 aromatic rings. The monoisotopic (exact) mass is 259 g/mol. The molecule has 0 unspecified atom stereocenters. The Morgan fingerprint density at radius 2 is 1.87 bits per heavy atom. The maximum atomic E-state index is 9.05. The summed E-state index contributed by atoms with van der Waals surface area (Å²) in [7, 11) is 0. The van der Waals surface area contributed by atoms with Crippen molar-refractivity contribution in [2.75, 3.05) is 0 Å². The zero-order valence-corrected chi connectivity index (χ0v) is 9.56. The molecule has 0 saturated carbocycles. The number of rotatable bonds is 1. The molecule has 1 aromatic carbocycles. The first kappa shape index (κ1) is 9.92. The van der Waals surface area contributed by atoms with Gasteiger partial charge in [0.05, 0.1) is 0 Å². The van der Waals surface area contributed by atoms with Gasteiger partial charge in [0, 0.05) is 0 Å². The number of aromatic nitrogens is 1. The Kier molecular flexibility index (Phi) is 2.82. The van der Waals surface area contributed by atoms with Gasteiger partial charge in [0.1, 0.15) is 0 Å². The molecule has 0 amide bonds. The van der Waals surface area contributed by atoms with E-state index in [0.717, 1.165) is 11.1 Å². The van der Waals surface area contributed by atoms with Gasteiger partial charge in [-0.2, -0.15) is 0 Å². The average Bonchev–Trinajstić information content (AvgIpc) is 2.30. The summed E-state index contributed by atoms with van der Waals surface area (Å²) in [6.07, 6.45) is 1.70. The molecule has 15 heavy (non-hydrogen) atoms. The quantitative estimate of drug-likeness (QED) is 0.725. The Labute approximate surface area is 96.4 Å². The third kappa shape index (κ3) is 1.92. The van der Waals surface area contributed by atoms with Gasteiger partial charge < -0.3 is 0 Å². The Balaban J connectivity index is 2.65. The number of hydrogen-bond acceptors (Lipinski definition) is 2. The van der Waals surface area contributed by atoms with Crippen molar-refractivity contribution in [3.8, 4) is 17.2 Å². The van der Waals surface area contributed by atoms with E-state index in [1.54, 1.807) is 6.20 Å². The summed E-state index contributed by atoms with van der Waals surface area (Å²) in [5, 5.41) is 9.05. The SMILES string of the molecule is N#Cc1c(-c2ccccc2)ccnc1[Se]. The molecule has 0 aliphatic carbocycles. The minimum absolute atomic E-state index is 0.601. The molecular formula is C12H7N2Se. The van der Waals surface area contributed by atoms with E-state index in [1.807, 2.05) is 36.4 Å². The zero-order chi connectivity index (χ0) is 10.7. The molecule has 0 aliphatic rings. The van der Waals surface area contributed by atoms with Crippen molar-refractivity contribution in [2.45, 2.75) is 0 Å². The summed E-state index contributed by atoms with van der Waals surface area (Å²) >= 11 is 2.80. The van der Waals surface area contributed by atoms with Gasteiger partial charge in [-0.25, -0.2) is 0 Å². The molecule has 0 bridgehead atoms. The van der Waals surface area contributed by atoms with Crippen LogP contribution in [0.25, 0.3) is 11.1 Å². The van der Waals surface area contributed by atoms with E-state index in [0.29, 0.717) is 10.2 Å². The van der Waals surface area contributed by atoms with Crippen molar-refractivity contribution in [2.24, 2.45) is 0 Å². The molecule has 0 atom stereocenters. The number of pyridine rings is 1. The van der Waals surface area contributed by atoms with E-state index >= 15 is 0 Å². The van der Waals surface area contributed by atoms with Crippen LogP contribution in [-0.4, -0.2) is 21.0 Å². The van der Waals surface area contributed by atoms with E-state index < -0.39 is 0 Å². The second kappa shape index (κ2) is 4.27. The van der Waals surface area contributed by atoms with Gasteiger partial charge in [-0.3, -0.25) is 0 Å². The standard InChI is InChI=1S/C12H7N2Se/c13-8-11-10(6-7-14-12(11)15)9-4-2-1-3-5-9/h1-7H. The minimum atomic E-state index is 0.601. The third-order valence-corrected chi connectivity index (χ3v) is 2.76. The van der Waals surface area contributed by atoms with E-state index in [4.69, 9.17) is 5.26 Å². The number of nitrogens with zero attached hydrogens (tertiary/aromatic N) is 2. The van der Waals surface area contributed by atoms with E-state index in [2.05, 4.69) is 27.1 Å². The van der Waals surface area contributed by atoms with Crippen molar-refractivity contribution in [1.82, 2.24) is 4.98 Å². The van der Waals surface area contributed by atoms with Crippen LogP contribution in [0, 0.1) is 11.3 Å². The van der Waals surface area contributed by atoms with Crippen LogP contribution in [0.2, 0.25) is 0 Å². The van der Waals surface area contributed by atoms with Gasteiger partial charge in [0.2, 0.25) is 0 Å². The first-order chi connectivity index (χ1) is 7.33. The molecule has 2 nitrogen and oxygen atoms in total. The second-order valence-corrected chi connectivity index (χ2v) is 3.83.